The lowest BCUT2D eigenvalue weighted by Crippen LogP contribution is -2.44. The van der Waals surface area contributed by atoms with Crippen molar-refractivity contribution in [3.05, 3.63) is 29.8 Å². The number of aliphatic imine (C=N–C) groups is 1. The van der Waals surface area contributed by atoms with Crippen molar-refractivity contribution in [2.45, 2.75) is 31.2 Å². The van der Waals surface area contributed by atoms with Gasteiger partial charge in [-0.2, -0.15) is 0 Å². The van der Waals surface area contributed by atoms with Crippen molar-refractivity contribution in [2.24, 2.45) is 10.9 Å². The molecule has 1 aliphatic heterocycles. The van der Waals surface area contributed by atoms with E-state index in [1.54, 1.807) is 0 Å². The zero-order valence-corrected chi connectivity index (χ0v) is 12.5. The fourth-order valence-electron chi connectivity index (χ4n) is 3.40. The predicted octanol–water partition coefficient (Wildman–Crippen LogP) is 3.02. The first kappa shape index (κ1) is 14.3. The maximum atomic E-state index is 10.9. The number of benzene rings is 1. The smallest absolute Gasteiger partial charge is 0.410 e. The first-order chi connectivity index (χ1) is 10.1. The molecular weight excluding hydrogens is 286 g/mol. The molecule has 0 bridgehead atoms. The third-order valence-electron chi connectivity index (χ3n) is 4.36. The Hall–Kier alpha value is -1.69. The molecule has 1 heterocycles. The molecule has 5 nitrogen and oxygen atoms in total. The van der Waals surface area contributed by atoms with E-state index in [1.165, 1.54) is 18.2 Å². The van der Waals surface area contributed by atoms with E-state index in [0.717, 1.165) is 36.3 Å². The van der Waals surface area contributed by atoms with Crippen LogP contribution < -0.4 is 11.1 Å². The minimum absolute atomic E-state index is 0.323. The topological polar surface area (TPSA) is 87.7 Å². The molecule has 1 aliphatic carbocycles. The van der Waals surface area contributed by atoms with Crippen LogP contribution in [0, 0.1) is 5.92 Å². The lowest BCUT2D eigenvalue weighted by molar-refractivity contribution is 0.198. The van der Waals surface area contributed by atoms with Gasteiger partial charge in [-0.1, -0.05) is 36.7 Å². The van der Waals surface area contributed by atoms with E-state index in [-0.39, 0.29) is 5.54 Å². The summed E-state index contributed by atoms with van der Waals surface area (Å²) < 4.78 is 0. The van der Waals surface area contributed by atoms with E-state index in [1.807, 2.05) is 18.2 Å². The largest absolute Gasteiger partial charge is 0.465 e. The van der Waals surface area contributed by atoms with Gasteiger partial charge in [0.1, 0.15) is 0 Å². The molecule has 6 heteroatoms. The Morgan fingerprint density at radius 1 is 1.48 bits per heavy atom. The van der Waals surface area contributed by atoms with Gasteiger partial charge < -0.3 is 10.8 Å². The molecule has 1 amide bonds. The van der Waals surface area contributed by atoms with Crippen molar-refractivity contribution in [1.82, 2.24) is 5.32 Å². The summed E-state index contributed by atoms with van der Waals surface area (Å²) in [5.74, 6) is 1.34. The molecule has 0 radical (unpaired) electrons. The maximum absolute atomic E-state index is 10.9. The van der Waals surface area contributed by atoms with Gasteiger partial charge in [0.25, 0.3) is 0 Å². The molecule has 1 saturated carbocycles. The molecule has 1 aromatic rings. The number of rotatable bonds is 1. The number of nitrogens with two attached hydrogens (primary N) is 1. The Kier molecular flexibility index (Phi) is 3.80. The zero-order valence-electron chi connectivity index (χ0n) is 11.7. The molecule has 2 aliphatic rings. The van der Waals surface area contributed by atoms with Gasteiger partial charge in [0, 0.05) is 11.4 Å². The molecule has 1 fully saturated rings. The number of thioether (sulfide) groups is 1. The number of hydrogen-bond donors (Lipinski definition) is 3. The number of carboxylic acid groups (broad SMARTS) is 1. The van der Waals surface area contributed by atoms with Crippen molar-refractivity contribution in [1.29, 1.82) is 0 Å². The van der Waals surface area contributed by atoms with E-state index in [4.69, 9.17) is 15.8 Å². The van der Waals surface area contributed by atoms with Crippen LogP contribution in [0.2, 0.25) is 0 Å². The fourth-order valence-corrected chi connectivity index (χ4v) is 4.59. The van der Waals surface area contributed by atoms with Crippen LogP contribution in [-0.2, 0) is 5.54 Å². The van der Waals surface area contributed by atoms with Crippen LogP contribution >= 0.6 is 11.8 Å². The summed E-state index contributed by atoms with van der Waals surface area (Å²) in [4.78, 5) is 15.7. The van der Waals surface area contributed by atoms with Gasteiger partial charge >= 0.3 is 6.09 Å². The van der Waals surface area contributed by atoms with Crippen LogP contribution in [0.4, 0.5) is 10.5 Å². The van der Waals surface area contributed by atoms with E-state index in [0.29, 0.717) is 11.1 Å². The second-order valence-corrected chi connectivity index (χ2v) is 6.66. The summed E-state index contributed by atoms with van der Waals surface area (Å²) >= 11 is 1.50. The van der Waals surface area contributed by atoms with Gasteiger partial charge in [0.2, 0.25) is 0 Å². The normalized spacial score (nSPS) is 28.4. The van der Waals surface area contributed by atoms with Crippen LogP contribution in [0.15, 0.2) is 29.3 Å². The van der Waals surface area contributed by atoms with E-state index in [2.05, 4.69) is 11.4 Å². The monoisotopic (exact) mass is 305 g/mol. The van der Waals surface area contributed by atoms with Crippen LogP contribution in [-0.4, -0.2) is 22.1 Å². The Morgan fingerprint density at radius 2 is 2.33 bits per heavy atom. The fraction of sp³-hybridized carbons (Fsp3) is 0.467. The number of nitrogen functional groups attached to an aromatic ring is 1. The highest BCUT2D eigenvalue weighted by molar-refractivity contribution is 8.13. The highest BCUT2D eigenvalue weighted by atomic mass is 32.2. The Labute approximate surface area is 128 Å². The minimum Gasteiger partial charge on any atom is -0.465 e. The molecule has 1 aromatic carbocycles. The summed E-state index contributed by atoms with van der Waals surface area (Å²) in [5.41, 5.74) is 7.45. The molecule has 0 spiro atoms. The van der Waals surface area contributed by atoms with Crippen LogP contribution in [0.3, 0.4) is 0 Å². The average molecular weight is 305 g/mol. The zero-order chi connectivity index (χ0) is 14.9. The summed E-state index contributed by atoms with van der Waals surface area (Å²) in [5, 5.41) is 11.9. The summed E-state index contributed by atoms with van der Waals surface area (Å²) in [7, 11) is 0. The van der Waals surface area contributed by atoms with Crippen molar-refractivity contribution in [3.63, 3.8) is 0 Å². The number of fused-ring (bicyclic) bond motifs is 1. The van der Waals surface area contributed by atoms with Crippen LogP contribution in [0.5, 0.6) is 0 Å². The number of anilines is 1. The van der Waals surface area contributed by atoms with Gasteiger partial charge in [-0.25, -0.2) is 4.79 Å². The highest BCUT2D eigenvalue weighted by Gasteiger charge is 2.45. The summed E-state index contributed by atoms with van der Waals surface area (Å²) in [6, 6.07) is 7.87. The van der Waals surface area contributed by atoms with Gasteiger partial charge in [-0.15, -0.1) is 0 Å². The van der Waals surface area contributed by atoms with Gasteiger partial charge in [-0.05, 0) is 36.5 Å². The number of hydrogen-bond acceptors (Lipinski definition) is 4. The quantitative estimate of drug-likeness (QED) is 0.696. The maximum Gasteiger partial charge on any atom is 0.410 e. The SMILES string of the molecule is Nc1cccc([C@]23CCCC[C@H]2CSC(NC(=O)O)=N3)c1. The van der Waals surface area contributed by atoms with E-state index in [9.17, 15) is 4.79 Å². The van der Waals surface area contributed by atoms with Crippen LogP contribution in [0.1, 0.15) is 31.2 Å². The number of amidine groups is 1. The first-order valence-electron chi connectivity index (χ1n) is 7.19. The Morgan fingerprint density at radius 3 is 3.10 bits per heavy atom. The first-order valence-corrected chi connectivity index (χ1v) is 8.17. The molecule has 3 rings (SSSR count). The Bertz CT molecular complexity index is 590. The molecule has 112 valence electrons. The second-order valence-electron chi connectivity index (χ2n) is 5.65. The Balaban J connectivity index is 2.05. The van der Waals surface area contributed by atoms with Crippen molar-refractivity contribution in [2.75, 3.05) is 11.5 Å². The molecule has 0 saturated heterocycles. The summed E-state index contributed by atoms with van der Waals surface area (Å²) in [6.45, 7) is 0. The summed E-state index contributed by atoms with van der Waals surface area (Å²) in [6.07, 6.45) is 3.35. The average Bonchev–Trinajstić information content (AvgIpc) is 2.46. The van der Waals surface area contributed by atoms with Gasteiger partial charge in [0.15, 0.2) is 5.17 Å². The third kappa shape index (κ3) is 2.72. The van der Waals surface area contributed by atoms with Crippen molar-refractivity contribution in [3.8, 4) is 0 Å². The van der Waals surface area contributed by atoms with Gasteiger partial charge in [-0.3, -0.25) is 10.3 Å². The predicted molar refractivity (Wildman–Crippen MR) is 85.5 cm³/mol. The number of carbonyl (C=O) groups is 1. The standard InChI is InChI=1S/C15H19N3O2S/c16-12-6-3-5-10(8-12)15-7-2-1-4-11(15)9-21-13(18-15)17-14(19)20/h3,5-6,8,11H,1-2,4,7,9,16H2,(H,17,18)(H,19,20)/t11-,15+/m0/s1. The lowest BCUT2D eigenvalue weighted by atomic mass is 9.70. The van der Waals surface area contributed by atoms with Crippen molar-refractivity contribution < 1.29 is 9.90 Å². The number of nitrogens with one attached hydrogen (secondary N) is 1. The molecular formula is C15H19N3O2S. The third-order valence-corrected chi connectivity index (χ3v) is 5.39. The molecule has 4 N–H and O–H groups in total. The van der Waals surface area contributed by atoms with Crippen LogP contribution in [0.25, 0.3) is 0 Å². The minimum atomic E-state index is -1.06. The highest BCUT2D eigenvalue weighted by Crippen LogP contribution is 2.49. The number of amides is 1. The molecule has 0 aromatic heterocycles. The molecule has 21 heavy (non-hydrogen) atoms. The lowest BCUT2D eigenvalue weighted by Gasteiger charge is -2.44. The number of nitrogens with zero attached hydrogens (tertiary/aromatic N) is 1. The van der Waals surface area contributed by atoms with E-state index >= 15 is 0 Å². The molecule has 0 unspecified atom stereocenters. The van der Waals surface area contributed by atoms with E-state index < -0.39 is 6.09 Å². The second kappa shape index (κ2) is 5.60. The van der Waals surface area contributed by atoms with Crippen molar-refractivity contribution >= 4 is 28.7 Å². The molecule has 2 atom stereocenters. The van der Waals surface area contributed by atoms with Gasteiger partial charge in [0.05, 0.1) is 5.54 Å².